The smallest absolute Gasteiger partial charge is 0.242 e. The molecular weight excluding hydrogens is 288 g/mol. The zero-order valence-corrected chi connectivity index (χ0v) is 11.8. The molecule has 1 aliphatic rings. The van der Waals surface area contributed by atoms with E-state index >= 15 is 0 Å². The Balaban J connectivity index is 0.00000180. The number of nitriles is 1. The molecule has 8 heteroatoms. The molecule has 1 fully saturated rings. The van der Waals surface area contributed by atoms with Crippen molar-refractivity contribution in [3.8, 4) is 6.07 Å². The monoisotopic (exact) mass is 302 g/mol. The molecule has 0 spiro atoms. The third-order valence-electron chi connectivity index (χ3n) is 2.77. The molecule has 104 valence electrons. The van der Waals surface area contributed by atoms with Crippen molar-refractivity contribution in [2.24, 2.45) is 0 Å². The molecule has 6 nitrogen and oxygen atoms in total. The van der Waals surface area contributed by atoms with Gasteiger partial charge in [0.2, 0.25) is 10.0 Å². The van der Waals surface area contributed by atoms with E-state index in [2.05, 4.69) is 15.0 Å². The van der Waals surface area contributed by atoms with Crippen molar-refractivity contribution in [1.29, 1.82) is 5.26 Å². The van der Waals surface area contributed by atoms with Crippen LogP contribution in [0.25, 0.3) is 0 Å². The third kappa shape index (κ3) is 4.14. The number of hydrogen-bond donors (Lipinski definition) is 2. The number of nitrogens with one attached hydrogen (secondary N) is 2. The van der Waals surface area contributed by atoms with Gasteiger partial charge < -0.3 is 5.32 Å². The molecule has 2 heterocycles. The van der Waals surface area contributed by atoms with Gasteiger partial charge in [-0.05, 0) is 25.5 Å². The van der Waals surface area contributed by atoms with Gasteiger partial charge in [-0.3, -0.25) is 4.98 Å². The Morgan fingerprint density at radius 3 is 2.89 bits per heavy atom. The molecule has 1 aromatic heterocycles. The van der Waals surface area contributed by atoms with Crippen molar-refractivity contribution in [3.63, 3.8) is 0 Å². The van der Waals surface area contributed by atoms with Crippen LogP contribution in [0.4, 0.5) is 0 Å². The van der Waals surface area contributed by atoms with Gasteiger partial charge in [0, 0.05) is 25.0 Å². The number of hydrogen-bond acceptors (Lipinski definition) is 5. The molecule has 1 unspecified atom stereocenters. The molecule has 0 aliphatic carbocycles. The van der Waals surface area contributed by atoms with Crippen molar-refractivity contribution in [2.45, 2.75) is 23.8 Å². The molecule has 2 N–H and O–H groups in total. The number of halogens is 1. The van der Waals surface area contributed by atoms with Crippen LogP contribution in [0.3, 0.4) is 0 Å². The summed E-state index contributed by atoms with van der Waals surface area (Å²) in [5, 5.41) is 11.9. The Bertz CT molecular complexity index is 564. The van der Waals surface area contributed by atoms with Crippen LogP contribution in [0.5, 0.6) is 0 Å². The van der Waals surface area contributed by atoms with Crippen molar-refractivity contribution in [3.05, 3.63) is 24.0 Å². The zero-order valence-electron chi connectivity index (χ0n) is 10.2. The first-order chi connectivity index (χ1) is 8.62. The lowest BCUT2D eigenvalue weighted by atomic mass is 10.1. The van der Waals surface area contributed by atoms with Gasteiger partial charge in [-0.2, -0.15) is 5.26 Å². The summed E-state index contributed by atoms with van der Waals surface area (Å²) < 4.78 is 26.8. The number of sulfonamides is 1. The topological polar surface area (TPSA) is 94.9 Å². The lowest BCUT2D eigenvalue weighted by Crippen LogP contribution is -2.45. The van der Waals surface area contributed by atoms with E-state index in [-0.39, 0.29) is 28.9 Å². The maximum atomic E-state index is 12.1. The first-order valence-electron chi connectivity index (χ1n) is 5.70. The molecule has 0 amide bonds. The number of nitrogens with zero attached hydrogens (tertiary/aromatic N) is 2. The average molecular weight is 303 g/mol. The number of pyridine rings is 1. The van der Waals surface area contributed by atoms with Crippen LogP contribution >= 0.6 is 12.4 Å². The molecule has 0 aromatic carbocycles. The molecule has 2 rings (SSSR count). The molecule has 0 saturated carbocycles. The minimum Gasteiger partial charge on any atom is -0.315 e. The summed E-state index contributed by atoms with van der Waals surface area (Å²) in [5.41, 5.74) is 0.236. The molecule has 1 saturated heterocycles. The summed E-state index contributed by atoms with van der Waals surface area (Å²) >= 11 is 0. The second kappa shape index (κ2) is 6.82. The molecule has 1 aromatic rings. The predicted molar refractivity (Wildman–Crippen MR) is 72.4 cm³/mol. The van der Waals surface area contributed by atoms with Crippen LogP contribution in [0, 0.1) is 11.3 Å². The Hall–Kier alpha value is -1.20. The molecule has 1 atom stereocenters. The third-order valence-corrected chi connectivity index (χ3v) is 4.26. The van der Waals surface area contributed by atoms with Crippen molar-refractivity contribution in [2.75, 3.05) is 13.1 Å². The van der Waals surface area contributed by atoms with E-state index in [0.29, 0.717) is 6.54 Å². The highest BCUT2D eigenvalue weighted by Gasteiger charge is 2.22. The number of aromatic nitrogens is 1. The van der Waals surface area contributed by atoms with Gasteiger partial charge >= 0.3 is 0 Å². The van der Waals surface area contributed by atoms with E-state index < -0.39 is 10.0 Å². The fourth-order valence-electron chi connectivity index (χ4n) is 1.87. The van der Waals surface area contributed by atoms with Gasteiger partial charge in [-0.25, -0.2) is 13.1 Å². The highest BCUT2D eigenvalue weighted by Crippen LogP contribution is 2.11. The Kier molecular flexibility index (Phi) is 5.69. The first kappa shape index (κ1) is 15.9. The highest BCUT2D eigenvalue weighted by atomic mass is 35.5. The summed E-state index contributed by atoms with van der Waals surface area (Å²) in [4.78, 5) is 3.79. The minimum atomic E-state index is -3.60. The van der Waals surface area contributed by atoms with Crippen molar-refractivity contribution >= 4 is 22.4 Å². The lowest BCUT2D eigenvalue weighted by molar-refractivity contribution is 0.428. The van der Waals surface area contributed by atoms with Crippen LogP contribution in [-0.2, 0) is 10.0 Å². The van der Waals surface area contributed by atoms with Crippen molar-refractivity contribution in [1.82, 2.24) is 15.0 Å². The van der Waals surface area contributed by atoms with E-state index in [1.165, 1.54) is 18.5 Å². The molecule has 19 heavy (non-hydrogen) atoms. The summed E-state index contributed by atoms with van der Waals surface area (Å²) in [6.45, 7) is 1.55. The first-order valence-corrected chi connectivity index (χ1v) is 7.18. The summed E-state index contributed by atoms with van der Waals surface area (Å²) in [6, 6.07) is 3.10. The highest BCUT2D eigenvalue weighted by molar-refractivity contribution is 7.89. The van der Waals surface area contributed by atoms with Gasteiger partial charge in [-0.1, -0.05) is 0 Å². The van der Waals surface area contributed by atoms with Crippen LogP contribution in [0.15, 0.2) is 23.4 Å². The summed E-state index contributed by atoms with van der Waals surface area (Å²) in [5.74, 6) is 0. The van der Waals surface area contributed by atoms with Gasteiger partial charge in [0.05, 0.1) is 5.56 Å². The normalized spacial score (nSPS) is 19.2. The average Bonchev–Trinajstić information content (AvgIpc) is 2.39. The molecule has 0 radical (unpaired) electrons. The predicted octanol–water partition coefficient (Wildman–Crippen LogP) is 0.405. The fourth-order valence-corrected chi connectivity index (χ4v) is 3.12. The second-order valence-electron chi connectivity index (χ2n) is 4.19. The molecule has 0 bridgehead atoms. The van der Waals surface area contributed by atoms with Crippen LogP contribution < -0.4 is 10.0 Å². The van der Waals surface area contributed by atoms with E-state index in [0.717, 1.165) is 19.4 Å². The van der Waals surface area contributed by atoms with Crippen LogP contribution in [0.1, 0.15) is 18.4 Å². The number of rotatable bonds is 3. The largest absolute Gasteiger partial charge is 0.315 e. The van der Waals surface area contributed by atoms with Crippen LogP contribution in [0.2, 0.25) is 0 Å². The maximum Gasteiger partial charge on any atom is 0.242 e. The Labute approximate surface area is 118 Å². The van der Waals surface area contributed by atoms with Gasteiger partial charge in [0.15, 0.2) is 0 Å². The van der Waals surface area contributed by atoms with E-state index in [1.54, 1.807) is 0 Å². The van der Waals surface area contributed by atoms with E-state index in [9.17, 15) is 8.42 Å². The summed E-state index contributed by atoms with van der Waals surface area (Å²) in [6.07, 6.45) is 4.35. The summed E-state index contributed by atoms with van der Waals surface area (Å²) in [7, 11) is -3.60. The van der Waals surface area contributed by atoms with E-state index in [4.69, 9.17) is 5.26 Å². The molecular formula is C11H15ClN4O2S. The van der Waals surface area contributed by atoms with Crippen LogP contribution in [-0.4, -0.2) is 32.5 Å². The SMILES string of the molecule is Cl.N#Cc1cncc(S(=O)(=O)NC2CCCNC2)c1. The minimum absolute atomic E-state index is 0. The standard InChI is InChI=1S/C11H14N4O2S.ClH/c12-5-9-4-11(8-14-6-9)18(16,17)15-10-2-1-3-13-7-10;/h4,6,8,10,13,15H,1-3,7H2;1H. The second-order valence-corrected chi connectivity index (χ2v) is 5.90. The fraction of sp³-hybridized carbons (Fsp3) is 0.455. The lowest BCUT2D eigenvalue weighted by Gasteiger charge is -2.23. The Morgan fingerprint density at radius 2 is 2.26 bits per heavy atom. The van der Waals surface area contributed by atoms with Gasteiger partial charge in [0.25, 0.3) is 0 Å². The molecule has 1 aliphatic heterocycles. The van der Waals surface area contributed by atoms with Gasteiger partial charge in [-0.15, -0.1) is 12.4 Å². The Morgan fingerprint density at radius 1 is 1.47 bits per heavy atom. The number of piperidine rings is 1. The van der Waals surface area contributed by atoms with Gasteiger partial charge in [0.1, 0.15) is 11.0 Å². The van der Waals surface area contributed by atoms with E-state index in [1.807, 2.05) is 6.07 Å². The zero-order chi connectivity index (χ0) is 13.0. The maximum absolute atomic E-state index is 12.1. The van der Waals surface area contributed by atoms with Crippen molar-refractivity contribution < 1.29 is 8.42 Å². The quantitative estimate of drug-likeness (QED) is 0.843.